The van der Waals surface area contributed by atoms with E-state index in [-0.39, 0.29) is 4.90 Å². The van der Waals surface area contributed by atoms with Crippen LogP contribution in [0.3, 0.4) is 0 Å². The third kappa shape index (κ3) is 13.4. The van der Waals surface area contributed by atoms with Gasteiger partial charge in [-0.1, -0.05) is 95.0 Å². The van der Waals surface area contributed by atoms with E-state index in [1.165, 1.54) is 80.5 Å². The van der Waals surface area contributed by atoms with Gasteiger partial charge in [-0.3, -0.25) is 0 Å². The van der Waals surface area contributed by atoms with Gasteiger partial charge in [0.25, 0.3) is 0 Å². The van der Waals surface area contributed by atoms with E-state index in [1.54, 1.807) is 12.1 Å². The topological polar surface area (TPSA) is 61.6 Å². The van der Waals surface area contributed by atoms with Gasteiger partial charge in [0.2, 0.25) is 0 Å². The summed E-state index contributed by atoms with van der Waals surface area (Å²) in [6, 6.07) is 16.7. The number of hydrogen-bond acceptors (Lipinski definition) is 3. The minimum absolute atomic E-state index is 0.140. The minimum Gasteiger partial charge on any atom is -0.744 e. The number of unbranched alkanes of at least 4 members (excludes halogenated alkanes) is 9. The second kappa shape index (κ2) is 16.0. The normalized spacial score (nSPS) is 11.3. The van der Waals surface area contributed by atoms with Gasteiger partial charge in [0, 0.05) is 0 Å². The molecular weight excluding hydrogens is 406 g/mol. The Morgan fingerprint density at radius 2 is 1.19 bits per heavy atom. The molecule has 174 valence electrons. The SMILES string of the molecule is CCCCCCCCCCCCc1ccc(S(=O)(=O)[O-])cc1.C[NH+](C)c1ccccc1. The number of hydrogen-bond donors (Lipinski definition) is 1. The van der Waals surface area contributed by atoms with E-state index in [2.05, 4.69) is 45.3 Å². The average molecular weight is 448 g/mol. The van der Waals surface area contributed by atoms with Crippen molar-refractivity contribution in [1.29, 1.82) is 0 Å². The molecule has 1 N–H and O–H groups in total. The molecular formula is C26H41NO3S. The summed E-state index contributed by atoms with van der Waals surface area (Å²) in [4.78, 5) is 1.23. The Hall–Kier alpha value is -1.69. The second-order valence-corrected chi connectivity index (χ2v) is 9.78. The van der Waals surface area contributed by atoms with Crippen molar-refractivity contribution < 1.29 is 17.9 Å². The van der Waals surface area contributed by atoms with Gasteiger partial charge in [-0.25, -0.2) is 8.42 Å². The number of benzene rings is 2. The smallest absolute Gasteiger partial charge is 0.130 e. The first kappa shape index (κ1) is 27.3. The summed E-state index contributed by atoms with van der Waals surface area (Å²) < 4.78 is 32.5. The molecule has 0 aliphatic heterocycles. The van der Waals surface area contributed by atoms with Crippen LogP contribution in [0.4, 0.5) is 5.69 Å². The minimum atomic E-state index is -4.31. The molecule has 0 aromatic heterocycles. The van der Waals surface area contributed by atoms with E-state index in [0.29, 0.717) is 0 Å². The van der Waals surface area contributed by atoms with E-state index in [4.69, 9.17) is 0 Å². The molecule has 0 atom stereocenters. The van der Waals surface area contributed by atoms with E-state index in [0.717, 1.165) is 18.4 Å². The number of nitrogens with one attached hydrogen (secondary N) is 1. The van der Waals surface area contributed by atoms with Crippen LogP contribution in [0.15, 0.2) is 59.5 Å². The van der Waals surface area contributed by atoms with Crippen molar-refractivity contribution in [2.75, 3.05) is 14.1 Å². The lowest BCUT2D eigenvalue weighted by Gasteiger charge is -2.08. The van der Waals surface area contributed by atoms with E-state index in [1.807, 2.05) is 6.07 Å². The van der Waals surface area contributed by atoms with E-state index in [9.17, 15) is 13.0 Å². The Bertz CT molecular complexity index is 787. The van der Waals surface area contributed by atoms with Crippen molar-refractivity contribution in [2.45, 2.75) is 82.4 Å². The van der Waals surface area contributed by atoms with Crippen LogP contribution in [0.5, 0.6) is 0 Å². The maximum atomic E-state index is 10.8. The van der Waals surface area contributed by atoms with Gasteiger partial charge in [0.05, 0.1) is 19.0 Å². The summed E-state index contributed by atoms with van der Waals surface area (Å²) >= 11 is 0. The predicted molar refractivity (Wildman–Crippen MR) is 129 cm³/mol. The number of rotatable bonds is 13. The van der Waals surface area contributed by atoms with Crippen molar-refractivity contribution in [1.82, 2.24) is 0 Å². The molecule has 0 heterocycles. The van der Waals surface area contributed by atoms with Crippen LogP contribution in [0, 0.1) is 0 Å². The van der Waals surface area contributed by atoms with Crippen LogP contribution in [-0.4, -0.2) is 27.1 Å². The van der Waals surface area contributed by atoms with Gasteiger partial charge in [0.15, 0.2) is 0 Å². The summed E-state index contributed by atoms with van der Waals surface area (Å²) in [5.41, 5.74) is 2.43. The molecule has 2 rings (SSSR count). The maximum Gasteiger partial charge on any atom is 0.130 e. The van der Waals surface area contributed by atoms with E-state index >= 15 is 0 Å². The Kier molecular flexibility index (Phi) is 14.1. The van der Waals surface area contributed by atoms with Gasteiger partial charge < -0.3 is 9.45 Å². The molecule has 31 heavy (non-hydrogen) atoms. The van der Waals surface area contributed by atoms with Crippen LogP contribution >= 0.6 is 0 Å². The largest absolute Gasteiger partial charge is 0.744 e. The van der Waals surface area contributed by atoms with Gasteiger partial charge in [0.1, 0.15) is 15.8 Å². The van der Waals surface area contributed by atoms with Crippen LogP contribution in [0.1, 0.15) is 76.7 Å². The van der Waals surface area contributed by atoms with Gasteiger partial charge in [-0.2, -0.15) is 0 Å². The van der Waals surface area contributed by atoms with Crippen molar-refractivity contribution in [3.05, 3.63) is 60.2 Å². The zero-order valence-corrected chi connectivity index (χ0v) is 20.4. The lowest BCUT2D eigenvalue weighted by molar-refractivity contribution is -0.786. The lowest BCUT2D eigenvalue weighted by atomic mass is 10.0. The van der Waals surface area contributed by atoms with Gasteiger partial charge >= 0.3 is 0 Å². The predicted octanol–water partition coefficient (Wildman–Crippen LogP) is 5.52. The average Bonchev–Trinajstić information content (AvgIpc) is 2.76. The molecule has 2 aromatic rings. The first-order valence-corrected chi connectivity index (χ1v) is 13.2. The van der Waals surface area contributed by atoms with Crippen molar-refractivity contribution >= 4 is 15.8 Å². The quantitative estimate of drug-likeness (QED) is 0.325. The first-order valence-electron chi connectivity index (χ1n) is 11.7. The molecule has 0 bridgehead atoms. The highest BCUT2D eigenvalue weighted by molar-refractivity contribution is 7.85. The molecule has 2 aromatic carbocycles. The Balaban J connectivity index is 0.000000442. The molecule has 4 nitrogen and oxygen atoms in total. The fourth-order valence-corrected chi connectivity index (χ4v) is 3.88. The highest BCUT2D eigenvalue weighted by atomic mass is 32.2. The van der Waals surface area contributed by atoms with Crippen molar-refractivity contribution in [2.24, 2.45) is 0 Å². The van der Waals surface area contributed by atoms with Crippen LogP contribution in [-0.2, 0) is 16.5 Å². The highest BCUT2D eigenvalue weighted by Crippen LogP contribution is 2.14. The number of quaternary nitrogens is 1. The molecule has 0 spiro atoms. The first-order chi connectivity index (χ1) is 14.8. The monoisotopic (exact) mass is 447 g/mol. The van der Waals surface area contributed by atoms with Gasteiger partial charge in [-0.05, 0) is 42.7 Å². The third-order valence-corrected chi connectivity index (χ3v) is 6.23. The molecule has 0 fully saturated rings. The summed E-state index contributed by atoms with van der Waals surface area (Å²) in [6.07, 6.45) is 14.0. The summed E-state index contributed by atoms with van der Waals surface area (Å²) in [6.45, 7) is 2.24. The summed E-state index contributed by atoms with van der Waals surface area (Å²) in [7, 11) is -0.0729. The fraction of sp³-hybridized carbons (Fsp3) is 0.538. The number of aryl methyl sites for hydroxylation is 1. The molecule has 0 unspecified atom stereocenters. The molecule has 0 saturated heterocycles. The second-order valence-electron chi connectivity index (χ2n) is 8.40. The molecule has 5 heteroatoms. The molecule has 0 radical (unpaired) electrons. The zero-order chi connectivity index (χ0) is 23.0. The zero-order valence-electron chi connectivity index (χ0n) is 19.6. The van der Waals surface area contributed by atoms with Crippen LogP contribution in [0.2, 0.25) is 0 Å². The summed E-state index contributed by atoms with van der Waals surface area (Å²) in [5.74, 6) is 0. The van der Waals surface area contributed by atoms with Crippen LogP contribution in [0.25, 0.3) is 0 Å². The maximum absolute atomic E-state index is 10.8. The van der Waals surface area contributed by atoms with E-state index < -0.39 is 10.1 Å². The van der Waals surface area contributed by atoms with Crippen LogP contribution < -0.4 is 4.90 Å². The Morgan fingerprint density at radius 3 is 1.61 bits per heavy atom. The molecule has 0 saturated carbocycles. The van der Waals surface area contributed by atoms with Crippen molar-refractivity contribution in [3.63, 3.8) is 0 Å². The highest BCUT2D eigenvalue weighted by Gasteiger charge is 2.01. The lowest BCUT2D eigenvalue weighted by Crippen LogP contribution is -3.00. The third-order valence-electron chi connectivity index (χ3n) is 5.38. The molecule has 0 aliphatic carbocycles. The molecule has 0 aliphatic rings. The Labute approximate surface area is 190 Å². The molecule has 0 amide bonds. The standard InChI is InChI=1S/C18H30O3S.C8H11N/c1-2-3-4-5-6-7-8-9-10-11-12-17-13-15-18(16-14-17)22(19,20)21;1-9(2)8-6-4-3-5-7-8/h13-16H,2-12H2,1H3,(H,19,20,21);3-7H,1-2H3. The Morgan fingerprint density at radius 1 is 0.710 bits per heavy atom. The van der Waals surface area contributed by atoms with Gasteiger partial charge in [-0.15, -0.1) is 0 Å². The summed E-state index contributed by atoms with van der Waals surface area (Å²) in [5, 5.41) is 0. The van der Waals surface area contributed by atoms with Crippen molar-refractivity contribution in [3.8, 4) is 0 Å². The fourth-order valence-electron chi connectivity index (χ4n) is 3.41. The number of para-hydroxylation sites is 1.